The van der Waals surface area contributed by atoms with Crippen LogP contribution in [0.25, 0.3) is 16.8 Å². The number of morpholine rings is 1. The van der Waals surface area contributed by atoms with Gasteiger partial charge >= 0.3 is 6.03 Å². The van der Waals surface area contributed by atoms with Gasteiger partial charge in [0.15, 0.2) is 5.65 Å². The number of urea groups is 1. The first-order chi connectivity index (χ1) is 16.4. The first-order valence-corrected chi connectivity index (χ1v) is 11.8. The number of rotatable bonds is 4. The standard InChI is InChI=1S/C25H29F2N5O2/c1-3-17-4-5-31(14-17)25(33)29-21-12-19(16(2)10-20(21)26)18-11-22(30-6-8-34-9-7-30)24-28-13-23(27)32(24)15-18/h10-13,15,17H,3-9,14H2,1-2H3,(H,29,33)/t17-/m1/s1. The van der Waals surface area contributed by atoms with Crippen molar-refractivity contribution in [3.63, 3.8) is 0 Å². The van der Waals surface area contributed by atoms with Gasteiger partial charge in [-0.3, -0.25) is 4.40 Å². The average Bonchev–Trinajstić information content (AvgIpc) is 3.48. The van der Waals surface area contributed by atoms with E-state index >= 15 is 0 Å². The number of hydrogen-bond acceptors (Lipinski definition) is 4. The van der Waals surface area contributed by atoms with Crippen molar-refractivity contribution in [1.29, 1.82) is 0 Å². The number of hydrogen-bond donors (Lipinski definition) is 1. The quantitative estimate of drug-likeness (QED) is 0.602. The Morgan fingerprint density at radius 2 is 2.00 bits per heavy atom. The van der Waals surface area contributed by atoms with Crippen LogP contribution in [0.2, 0.25) is 0 Å². The second-order valence-corrected chi connectivity index (χ2v) is 9.07. The molecule has 0 saturated carbocycles. The zero-order chi connectivity index (χ0) is 23.8. The number of pyridine rings is 1. The van der Waals surface area contributed by atoms with Crippen LogP contribution in [-0.2, 0) is 4.74 Å². The number of carbonyl (C=O) groups is 1. The van der Waals surface area contributed by atoms with E-state index in [0.29, 0.717) is 67.6 Å². The first-order valence-electron chi connectivity index (χ1n) is 11.8. The van der Waals surface area contributed by atoms with E-state index in [1.165, 1.54) is 16.7 Å². The van der Waals surface area contributed by atoms with Crippen molar-refractivity contribution in [2.45, 2.75) is 26.7 Å². The molecule has 7 nitrogen and oxygen atoms in total. The zero-order valence-electron chi connectivity index (χ0n) is 19.5. The Morgan fingerprint density at radius 3 is 2.74 bits per heavy atom. The lowest BCUT2D eigenvalue weighted by Gasteiger charge is -2.29. The smallest absolute Gasteiger partial charge is 0.321 e. The van der Waals surface area contributed by atoms with E-state index in [4.69, 9.17) is 4.74 Å². The molecule has 0 bridgehead atoms. The molecule has 1 aromatic carbocycles. The maximum atomic E-state index is 14.8. The van der Waals surface area contributed by atoms with Crippen molar-refractivity contribution >= 4 is 23.1 Å². The minimum absolute atomic E-state index is 0.115. The van der Waals surface area contributed by atoms with Gasteiger partial charge in [0.05, 0.1) is 30.8 Å². The molecule has 2 aromatic heterocycles. The third-order valence-corrected chi connectivity index (χ3v) is 6.91. The van der Waals surface area contributed by atoms with Crippen LogP contribution >= 0.6 is 0 Å². The number of halogens is 2. The number of fused-ring (bicyclic) bond motifs is 1. The fourth-order valence-electron chi connectivity index (χ4n) is 4.85. The molecule has 9 heteroatoms. The minimum Gasteiger partial charge on any atom is -0.378 e. The van der Waals surface area contributed by atoms with Gasteiger partial charge in [0.25, 0.3) is 0 Å². The van der Waals surface area contributed by atoms with Crippen molar-refractivity contribution in [3.05, 3.63) is 47.9 Å². The topological polar surface area (TPSA) is 62.1 Å². The second-order valence-electron chi connectivity index (χ2n) is 9.07. The molecular formula is C25H29F2N5O2. The summed E-state index contributed by atoms with van der Waals surface area (Å²) in [6, 6.07) is 4.70. The number of likely N-dealkylation sites (tertiary alicyclic amines) is 1. The van der Waals surface area contributed by atoms with Crippen LogP contribution < -0.4 is 10.2 Å². The molecule has 180 valence electrons. The summed E-state index contributed by atoms with van der Waals surface area (Å²) < 4.78 is 36.3. The van der Waals surface area contributed by atoms with E-state index in [0.717, 1.165) is 18.5 Å². The van der Waals surface area contributed by atoms with Crippen molar-refractivity contribution in [2.75, 3.05) is 49.6 Å². The number of carbonyl (C=O) groups excluding carboxylic acids is 1. The third-order valence-electron chi connectivity index (χ3n) is 6.91. The summed E-state index contributed by atoms with van der Waals surface area (Å²) >= 11 is 0. The van der Waals surface area contributed by atoms with Gasteiger partial charge in [-0.1, -0.05) is 13.3 Å². The number of imidazole rings is 1. The van der Waals surface area contributed by atoms with Crippen molar-refractivity contribution in [1.82, 2.24) is 14.3 Å². The predicted molar refractivity (Wildman–Crippen MR) is 127 cm³/mol. The number of anilines is 2. The molecule has 5 rings (SSSR count). The highest BCUT2D eigenvalue weighted by atomic mass is 19.1. The number of ether oxygens (including phenoxy) is 1. The van der Waals surface area contributed by atoms with Crippen molar-refractivity contribution in [3.8, 4) is 11.1 Å². The van der Waals surface area contributed by atoms with Crippen LogP contribution in [-0.4, -0.2) is 59.7 Å². The van der Waals surface area contributed by atoms with Crippen LogP contribution in [0.5, 0.6) is 0 Å². The van der Waals surface area contributed by atoms with Crippen LogP contribution in [0.3, 0.4) is 0 Å². The van der Waals surface area contributed by atoms with E-state index in [-0.39, 0.29) is 11.7 Å². The predicted octanol–water partition coefficient (Wildman–Crippen LogP) is 4.69. The highest BCUT2D eigenvalue weighted by Crippen LogP contribution is 2.34. The Hall–Kier alpha value is -3.20. The zero-order valence-corrected chi connectivity index (χ0v) is 19.5. The fourth-order valence-corrected chi connectivity index (χ4v) is 4.85. The monoisotopic (exact) mass is 469 g/mol. The summed E-state index contributed by atoms with van der Waals surface area (Å²) in [4.78, 5) is 20.9. The van der Waals surface area contributed by atoms with E-state index in [9.17, 15) is 13.6 Å². The largest absolute Gasteiger partial charge is 0.378 e. The van der Waals surface area contributed by atoms with Crippen molar-refractivity contribution in [2.24, 2.45) is 5.92 Å². The molecule has 34 heavy (non-hydrogen) atoms. The molecule has 4 heterocycles. The molecule has 2 aliphatic heterocycles. The average molecular weight is 470 g/mol. The van der Waals surface area contributed by atoms with Gasteiger partial charge in [0.2, 0.25) is 5.95 Å². The summed E-state index contributed by atoms with van der Waals surface area (Å²) in [5, 5.41) is 2.75. The third kappa shape index (κ3) is 4.20. The van der Waals surface area contributed by atoms with Crippen LogP contribution in [0.1, 0.15) is 25.3 Å². The van der Waals surface area contributed by atoms with Gasteiger partial charge in [0.1, 0.15) is 5.82 Å². The molecule has 0 spiro atoms. The summed E-state index contributed by atoms with van der Waals surface area (Å²) in [5.41, 5.74) is 3.55. The maximum absolute atomic E-state index is 14.8. The van der Waals surface area contributed by atoms with E-state index < -0.39 is 11.8 Å². The fraction of sp³-hybridized carbons (Fsp3) is 0.440. The molecule has 2 amide bonds. The Balaban J connectivity index is 1.51. The lowest BCUT2D eigenvalue weighted by molar-refractivity contribution is 0.123. The molecule has 1 atom stereocenters. The Bertz CT molecular complexity index is 1220. The highest BCUT2D eigenvalue weighted by Gasteiger charge is 2.26. The SMILES string of the molecule is CC[C@@H]1CCN(C(=O)Nc2cc(-c3cc(N4CCOCC4)c4ncc(F)n4c3)c(C)cc2F)C1. The highest BCUT2D eigenvalue weighted by molar-refractivity contribution is 5.91. The number of aryl methyl sites for hydroxylation is 1. The van der Waals surface area contributed by atoms with E-state index in [1.54, 1.807) is 24.1 Å². The Morgan fingerprint density at radius 1 is 1.21 bits per heavy atom. The summed E-state index contributed by atoms with van der Waals surface area (Å²) in [6.45, 7) is 7.79. The Labute approximate surface area is 197 Å². The lowest BCUT2D eigenvalue weighted by atomic mass is 10.00. The van der Waals surface area contributed by atoms with Crippen LogP contribution in [0.4, 0.5) is 25.0 Å². The normalized spacial score (nSPS) is 18.6. The number of nitrogens with zero attached hydrogens (tertiary/aromatic N) is 4. The molecule has 2 saturated heterocycles. The molecule has 3 aromatic rings. The maximum Gasteiger partial charge on any atom is 0.321 e. The summed E-state index contributed by atoms with van der Waals surface area (Å²) in [7, 11) is 0. The Kier molecular flexibility index (Phi) is 6.12. The molecule has 2 fully saturated rings. The van der Waals surface area contributed by atoms with E-state index in [1.807, 2.05) is 6.07 Å². The molecule has 0 unspecified atom stereocenters. The molecule has 2 aliphatic rings. The molecular weight excluding hydrogens is 440 g/mol. The van der Waals surface area contributed by atoms with Crippen molar-refractivity contribution < 1.29 is 18.3 Å². The number of nitrogens with one attached hydrogen (secondary N) is 1. The van der Waals surface area contributed by atoms with Gasteiger partial charge in [0, 0.05) is 37.9 Å². The molecule has 0 radical (unpaired) electrons. The first kappa shape index (κ1) is 22.6. The molecule has 1 N–H and O–H groups in total. The van der Waals surface area contributed by atoms with Gasteiger partial charge < -0.3 is 19.9 Å². The van der Waals surface area contributed by atoms with Gasteiger partial charge in [-0.25, -0.2) is 14.2 Å². The van der Waals surface area contributed by atoms with Crippen LogP contribution in [0, 0.1) is 24.6 Å². The number of amides is 2. The summed E-state index contributed by atoms with van der Waals surface area (Å²) in [5.74, 6) is -0.483. The number of aromatic nitrogens is 2. The van der Waals surface area contributed by atoms with Gasteiger partial charge in [-0.15, -0.1) is 0 Å². The van der Waals surface area contributed by atoms with E-state index in [2.05, 4.69) is 22.1 Å². The second kappa shape index (κ2) is 9.21. The number of benzene rings is 1. The van der Waals surface area contributed by atoms with Gasteiger partial charge in [-0.2, -0.15) is 4.39 Å². The lowest BCUT2D eigenvalue weighted by Crippen LogP contribution is -2.36. The molecule has 0 aliphatic carbocycles. The summed E-state index contributed by atoms with van der Waals surface area (Å²) in [6.07, 6.45) is 4.85. The van der Waals surface area contributed by atoms with Crippen LogP contribution in [0.15, 0.2) is 30.6 Å². The van der Waals surface area contributed by atoms with Gasteiger partial charge in [-0.05, 0) is 48.6 Å². The minimum atomic E-state index is -0.496.